The zero-order chi connectivity index (χ0) is 15.8. The molecule has 0 amide bonds. The van der Waals surface area contributed by atoms with Crippen molar-refractivity contribution in [2.45, 2.75) is 52.4 Å². The Labute approximate surface area is 131 Å². The van der Waals surface area contributed by atoms with Gasteiger partial charge in [-0.05, 0) is 30.2 Å². The largest absolute Gasteiger partial charge is 0.383 e. The lowest BCUT2D eigenvalue weighted by Gasteiger charge is -2.36. The number of hydrogen-bond acceptors (Lipinski definition) is 2. The predicted molar refractivity (Wildman–Crippen MR) is 91.8 cm³/mol. The first-order valence-corrected chi connectivity index (χ1v) is 8.19. The second-order valence-corrected chi connectivity index (χ2v) is 7.23. The maximum absolute atomic E-state index is 5.15. The Kier molecular flexibility index (Phi) is 7.41. The number of ether oxygens (including phenoxy) is 1. The maximum atomic E-state index is 5.15. The molecule has 2 heteroatoms. The minimum absolute atomic E-state index is 0.224. The second-order valence-electron chi connectivity index (χ2n) is 7.23. The summed E-state index contributed by atoms with van der Waals surface area (Å²) in [6.45, 7) is 12.0. The summed E-state index contributed by atoms with van der Waals surface area (Å²) in [7, 11) is 1.76. The molecule has 0 heterocycles. The molecule has 0 spiro atoms. The van der Waals surface area contributed by atoms with Crippen molar-refractivity contribution in [3.05, 3.63) is 35.9 Å². The van der Waals surface area contributed by atoms with Crippen molar-refractivity contribution in [1.82, 2.24) is 5.32 Å². The fourth-order valence-electron chi connectivity index (χ4n) is 2.75. The Morgan fingerprint density at radius 1 is 1.05 bits per heavy atom. The van der Waals surface area contributed by atoms with Gasteiger partial charge in [-0.1, -0.05) is 58.0 Å². The molecule has 0 fully saturated rings. The average molecular weight is 291 g/mol. The lowest BCUT2D eigenvalue weighted by Crippen LogP contribution is -2.39. The molecule has 0 aliphatic rings. The maximum Gasteiger partial charge on any atom is 0.0587 e. The minimum atomic E-state index is 0.224. The predicted octanol–water partition coefficient (Wildman–Crippen LogP) is 4.40. The Hall–Kier alpha value is -0.860. The van der Waals surface area contributed by atoms with Gasteiger partial charge < -0.3 is 10.1 Å². The normalized spacial score (nSPS) is 14.9. The molecule has 1 N–H and O–H groups in total. The van der Waals surface area contributed by atoms with Crippen molar-refractivity contribution in [2.24, 2.45) is 5.41 Å². The van der Waals surface area contributed by atoms with Gasteiger partial charge in [-0.3, -0.25) is 0 Å². The quantitative estimate of drug-likeness (QED) is 0.681. The van der Waals surface area contributed by atoms with Crippen LogP contribution in [0.5, 0.6) is 0 Å². The SMILES string of the molecule is CCC(CCC(C)(C)C)(CNCCOC)c1ccccc1. The summed E-state index contributed by atoms with van der Waals surface area (Å²) >= 11 is 0. The summed E-state index contributed by atoms with van der Waals surface area (Å²) in [5.41, 5.74) is 2.06. The molecule has 21 heavy (non-hydrogen) atoms. The monoisotopic (exact) mass is 291 g/mol. The second kappa shape index (κ2) is 8.55. The number of benzene rings is 1. The summed E-state index contributed by atoms with van der Waals surface area (Å²) < 4.78 is 5.15. The van der Waals surface area contributed by atoms with Crippen LogP contribution in [-0.2, 0) is 10.2 Å². The Bertz CT molecular complexity index is 382. The van der Waals surface area contributed by atoms with Crippen LogP contribution in [0.3, 0.4) is 0 Å². The molecule has 1 aromatic rings. The van der Waals surface area contributed by atoms with E-state index in [1.54, 1.807) is 7.11 Å². The van der Waals surface area contributed by atoms with Crippen molar-refractivity contribution in [3.8, 4) is 0 Å². The number of rotatable bonds is 9. The molecule has 0 aliphatic carbocycles. The summed E-state index contributed by atoms with van der Waals surface area (Å²) in [4.78, 5) is 0. The first-order valence-electron chi connectivity index (χ1n) is 8.19. The topological polar surface area (TPSA) is 21.3 Å². The molecule has 1 aromatic carbocycles. The van der Waals surface area contributed by atoms with Crippen LogP contribution in [0, 0.1) is 5.41 Å². The van der Waals surface area contributed by atoms with Gasteiger partial charge in [0, 0.05) is 25.6 Å². The third kappa shape index (κ3) is 6.19. The van der Waals surface area contributed by atoms with Crippen LogP contribution in [0.15, 0.2) is 30.3 Å². The van der Waals surface area contributed by atoms with E-state index in [0.29, 0.717) is 5.41 Å². The summed E-state index contributed by atoms with van der Waals surface area (Å²) in [5, 5.41) is 3.59. The molecule has 2 nitrogen and oxygen atoms in total. The highest BCUT2D eigenvalue weighted by atomic mass is 16.5. The molecule has 1 unspecified atom stereocenters. The zero-order valence-corrected chi connectivity index (χ0v) is 14.5. The van der Waals surface area contributed by atoms with E-state index in [0.717, 1.165) is 26.1 Å². The van der Waals surface area contributed by atoms with Gasteiger partial charge in [-0.2, -0.15) is 0 Å². The fourth-order valence-corrected chi connectivity index (χ4v) is 2.75. The van der Waals surface area contributed by atoms with E-state index in [2.05, 4.69) is 63.3 Å². The number of hydrogen-bond donors (Lipinski definition) is 1. The highest BCUT2D eigenvalue weighted by molar-refractivity contribution is 5.26. The lowest BCUT2D eigenvalue weighted by molar-refractivity contribution is 0.193. The molecule has 1 atom stereocenters. The van der Waals surface area contributed by atoms with Crippen LogP contribution in [0.25, 0.3) is 0 Å². The highest BCUT2D eigenvalue weighted by Gasteiger charge is 2.31. The molecular formula is C19H33NO. The summed E-state index contributed by atoms with van der Waals surface area (Å²) in [5.74, 6) is 0. The van der Waals surface area contributed by atoms with E-state index in [9.17, 15) is 0 Å². The summed E-state index contributed by atoms with van der Waals surface area (Å²) in [6, 6.07) is 11.0. The first-order chi connectivity index (χ1) is 9.93. The van der Waals surface area contributed by atoms with Crippen LogP contribution < -0.4 is 5.32 Å². The van der Waals surface area contributed by atoms with E-state index in [1.807, 2.05) is 0 Å². The number of methoxy groups -OCH3 is 1. The molecular weight excluding hydrogens is 258 g/mol. The molecule has 0 saturated heterocycles. The van der Waals surface area contributed by atoms with Gasteiger partial charge in [0.25, 0.3) is 0 Å². The highest BCUT2D eigenvalue weighted by Crippen LogP contribution is 2.36. The van der Waals surface area contributed by atoms with Crippen LogP contribution in [0.2, 0.25) is 0 Å². The van der Waals surface area contributed by atoms with Crippen molar-refractivity contribution < 1.29 is 4.74 Å². The molecule has 0 aromatic heterocycles. The average Bonchev–Trinajstić information content (AvgIpc) is 2.47. The van der Waals surface area contributed by atoms with E-state index in [1.165, 1.54) is 18.4 Å². The smallest absolute Gasteiger partial charge is 0.0587 e. The summed E-state index contributed by atoms with van der Waals surface area (Å²) in [6.07, 6.45) is 3.62. The van der Waals surface area contributed by atoms with Crippen LogP contribution in [0.4, 0.5) is 0 Å². The van der Waals surface area contributed by atoms with E-state index >= 15 is 0 Å². The van der Waals surface area contributed by atoms with Gasteiger partial charge >= 0.3 is 0 Å². The lowest BCUT2D eigenvalue weighted by atomic mass is 9.71. The van der Waals surface area contributed by atoms with E-state index in [-0.39, 0.29) is 5.41 Å². The third-order valence-electron chi connectivity index (χ3n) is 4.36. The van der Waals surface area contributed by atoms with Crippen LogP contribution in [0.1, 0.15) is 52.5 Å². The van der Waals surface area contributed by atoms with Gasteiger partial charge in [0.05, 0.1) is 6.61 Å². The van der Waals surface area contributed by atoms with Crippen molar-refractivity contribution >= 4 is 0 Å². The van der Waals surface area contributed by atoms with Crippen molar-refractivity contribution in [1.29, 1.82) is 0 Å². The molecule has 0 saturated carbocycles. The Morgan fingerprint density at radius 3 is 2.24 bits per heavy atom. The molecule has 0 bridgehead atoms. The van der Waals surface area contributed by atoms with E-state index in [4.69, 9.17) is 4.74 Å². The zero-order valence-electron chi connectivity index (χ0n) is 14.5. The fraction of sp³-hybridized carbons (Fsp3) is 0.684. The Balaban J connectivity index is 2.85. The van der Waals surface area contributed by atoms with Crippen molar-refractivity contribution in [3.63, 3.8) is 0 Å². The molecule has 1 rings (SSSR count). The van der Waals surface area contributed by atoms with Gasteiger partial charge in [0.15, 0.2) is 0 Å². The minimum Gasteiger partial charge on any atom is -0.383 e. The van der Waals surface area contributed by atoms with Crippen LogP contribution >= 0.6 is 0 Å². The molecule has 0 radical (unpaired) electrons. The van der Waals surface area contributed by atoms with Gasteiger partial charge in [-0.15, -0.1) is 0 Å². The van der Waals surface area contributed by atoms with Gasteiger partial charge in [-0.25, -0.2) is 0 Å². The van der Waals surface area contributed by atoms with Gasteiger partial charge in [0.1, 0.15) is 0 Å². The first kappa shape index (κ1) is 18.2. The standard InChI is InChI=1S/C19H33NO/c1-6-19(13-12-18(2,3)4,16-20-14-15-21-5)17-10-8-7-9-11-17/h7-11,20H,6,12-16H2,1-5H3. The van der Waals surface area contributed by atoms with Crippen molar-refractivity contribution in [2.75, 3.05) is 26.8 Å². The van der Waals surface area contributed by atoms with E-state index < -0.39 is 0 Å². The third-order valence-corrected chi connectivity index (χ3v) is 4.36. The molecule has 0 aliphatic heterocycles. The van der Waals surface area contributed by atoms with Crippen LogP contribution in [-0.4, -0.2) is 26.8 Å². The molecule has 120 valence electrons. The van der Waals surface area contributed by atoms with Gasteiger partial charge in [0.2, 0.25) is 0 Å². The number of nitrogens with one attached hydrogen (secondary N) is 1. The Morgan fingerprint density at radius 2 is 1.71 bits per heavy atom.